The zero-order chi connectivity index (χ0) is 14.7. The number of nitrogens with zero attached hydrogens (tertiary/aromatic N) is 1. The van der Waals surface area contributed by atoms with Gasteiger partial charge in [-0.15, -0.1) is 0 Å². The molecule has 0 bridgehead atoms. The normalized spacial score (nSPS) is 18.1. The quantitative estimate of drug-likeness (QED) is 0.890. The van der Waals surface area contributed by atoms with Crippen LogP contribution in [-0.2, 0) is 6.42 Å². The summed E-state index contributed by atoms with van der Waals surface area (Å²) in [5.74, 6) is 0.210. The second-order valence-corrected chi connectivity index (χ2v) is 5.58. The average Bonchev–Trinajstić information content (AvgIpc) is 2.47. The van der Waals surface area contributed by atoms with Gasteiger partial charge >= 0.3 is 0 Å². The van der Waals surface area contributed by atoms with Gasteiger partial charge in [-0.25, -0.2) is 0 Å². The zero-order valence-electron chi connectivity index (χ0n) is 12.2. The molecule has 1 saturated heterocycles. The monoisotopic (exact) mass is 277 g/mol. The Kier molecular flexibility index (Phi) is 4.65. The first-order chi connectivity index (χ1) is 9.52. The van der Waals surface area contributed by atoms with Crippen molar-refractivity contribution in [3.05, 3.63) is 29.3 Å². The maximum absolute atomic E-state index is 12.5. The van der Waals surface area contributed by atoms with Gasteiger partial charge in [0.25, 0.3) is 5.91 Å². The molecule has 2 rings (SSSR count). The summed E-state index contributed by atoms with van der Waals surface area (Å²) < 4.78 is 0. The molecular weight excluding hydrogens is 254 g/mol. The van der Waals surface area contributed by atoms with Crippen molar-refractivity contribution in [1.82, 2.24) is 4.90 Å². The summed E-state index contributed by atoms with van der Waals surface area (Å²) in [5, 5.41) is 19.5. The summed E-state index contributed by atoms with van der Waals surface area (Å²) in [6.07, 6.45) is 2.16. The lowest BCUT2D eigenvalue weighted by Crippen LogP contribution is -2.40. The van der Waals surface area contributed by atoms with E-state index >= 15 is 0 Å². The van der Waals surface area contributed by atoms with Crippen LogP contribution in [0.15, 0.2) is 18.2 Å². The molecule has 1 atom stereocenters. The number of aryl methyl sites for hydroxylation is 1. The van der Waals surface area contributed by atoms with E-state index in [1.807, 2.05) is 13.0 Å². The first-order valence-electron chi connectivity index (χ1n) is 7.32. The topological polar surface area (TPSA) is 60.8 Å². The van der Waals surface area contributed by atoms with E-state index in [-0.39, 0.29) is 23.7 Å². The standard InChI is InChI=1S/C16H23NO3/c1-3-12-4-5-15(19)14(10-12)16(20)17-8-6-13(7-9-17)11(2)18/h4-5,10-11,13,18-19H,3,6-9H2,1-2H3. The highest BCUT2D eigenvalue weighted by Crippen LogP contribution is 2.25. The summed E-state index contributed by atoms with van der Waals surface area (Å²) in [4.78, 5) is 14.2. The number of aromatic hydroxyl groups is 1. The van der Waals surface area contributed by atoms with E-state index in [4.69, 9.17) is 0 Å². The lowest BCUT2D eigenvalue weighted by atomic mass is 9.92. The molecule has 1 amide bonds. The summed E-state index contributed by atoms with van der Waals surface area (Å²) in [7, 11) is 0. The Hall–Kier alpha value is -1.55. The predicted octanol–water partition coefficient (Wildman–Crippen LogP) is 2.19. The van der Waals surface area contributed by atoms with E-state index in [1.54, 1.807) is 24.0 Å². The number of hydrogen-bond acceptors (Lipinski definition) is 3. The third kappa shape index (κ3) is 3.12. The number of amides is 1. The third-order valence-electron chi connectivity index (χ3n) is 4.21. The molecule has 0 aromatic heterocycles. The number of aliphatic hydroxyl groups is 1. The van der Waals surface area contributed by atoms with Gasteiger partial charge < -0.3 is 15.1 Å². The molecule has 4 nitrogen and oxygen atoms in total. The first-order valence-corrected chi connectivity index (χ1v) is 7.32. The minimum absolute atomic E-state index is 0.0462. The van der Waals surface area contributed by atoms with Crippen molar-refractivity contribution in [1.29, 1.82) is 0 Å². The van der Waals surface area contributed by atoms with Crippen LogP contribution in [0, 0.1) is 5.92 Å². The molecule has 4 heteroatoms. The van der Waals surface area contributed by atoms with Gasteiger partial charge in [-0.3, -0.25) is 4.79 Å². The SMILES string of the molecule is CCc1ccc(O)c(C(=O)N2CCC(C(C)O)CC2)c1. The van der Waals surface area contributed by atoms with Crippen LogP contribution in [-0.4, -0.2) is 40.2 Å². The third-order valence-corrected chi connectivity index (χ3v) is 4.21. The molecule has 110 valence electrons. The van der Waals surface area contributed by atoms with Crippen molar-refractivity contribution in [3.8, 4) is 5.75 Å². The Bertz CT molecular complexity index is 477. The van der Waals surface area contributed by atoms with E-state index in [0.717, 1.165) is 24.8 Å². The van der Waals surface area contributed by atoms with Gasteiger partial charge in [0.05, 0.1) is 11.7 Å². The largest absolute Gasteiger partial charge is 0.507 e. The molecular formula is C16H23NO3. The second-order valence-electron chi connectivity index (χ2n) is 5.58. The van der Waals surface area contributed by atoms with Crippen molar-refractivity contribution >= 4 is 5.91 Å². The number of benzene rings is 1. The van der Waals surface area contributed by atoms with Gasteiger partial charge in [-0.2, -0.15) is 0 Å². The smallest absolute Gasteiger partial charge is 0.257 e. The molecule has 0 spiro atoms. The van der Waals surface area contributed by atoms with Crippen LogP contribution < -0.4 is 0 Å². The van der Waals surface area contributed by atoms with Crippen molar-refractivity contribution < 1.29 is 15.0 Å². The van der Waals surface area contributed by atoms with Crippen LogP contribution in [0.3, 0.4) is 0 Å². The highest BCUT2D eigenvalue weighted by atomic mass is 16.3. The predicted molar refractivity (Wildman–Crippen MR) is 77.8 cm³/mol. The first kappa shape index (κ1) is 14.9. The van der Waals surface area contributed by atoms with E-state index in [0.29, 0.717) is 18.7 Å². The highest BCUT2D eigenvalue weighted by molar-refractivity contribution is 5.97. The fraction of sp³-hybridized carbons (Fsp3) is 0.562. The molecule has 1 aliphatic rings. The summed E-state index contributed by atoms with van der Waals surface area (Å²) in [6, 6.07) is 5.21. The number of hydrogen-bond donors (Lipinski definition) is 2. The van der Waals surface area contributed by atoms with Crippen LogP contribution in [0.1, 0.15) is 42.6 Å². The van der Waals surface area contributed by atoms with Crippen LogP contribution in [0.2, 0.25) is 0 Å². The molecule has 1 aromatic rings. The molecule has 0 saturated carbocycles. The number of piperidine rings is 1. The molecule has 1 unspecified atom stereocenters. The number of rotatable bonds is 3. The molecule has 20 heavy (non-hydrogen) atoms. The van der Waals surface area contributed by atoms with Gasteiger partial charge in [0.15, 0.2) is 0 Å². The number of carbonyl (C=O) groups excluding carboxylic acids is 1. The lowest BCUT2D eigenvalue weighted by molar-refractivity contribution is 0.0519. The summed E-state index contributed by atoms with van der Waals surface area (Å²) in [6.45, 7) is 5.11. The number of phenols is 1. The molecule has 1 fully saturated rings. The minimum Gasteiger partial charge on any atom is -0.507 e. The van der Waals surface area contributed by atoms with Crippen molar-refractivity contribution in [2.45, 2.75) is 39.2 Å². The van der Waals surface area contributed by atoms with Crippen LogP contribution in [0.25, 0.3) is 0 Å². The second kappa shape index (κ2) is 6.27. The number of likely N-dealkylation sites (tertiary alicyclic amines) is 1. The molecule has 0 aliphatic carbocycles. The summed E-state index contributed by atoms with van der Waals surface area (Å²) >= 11 is 0. The molecule has 1 heterocycles. The van der Waals surface area contributed by atoms with Gasteiger partial charge in [-0.05, 0) is 49.8 Å². The maximum Gasteiger partial charge on any atom is 0.257 e. The fourth-order valence-corrected chi connectivity index (χ4v) is 2.73. The Morgan fingerprint density at radius 3 is 2.60 bits per heavy atom. The van der Waals surface area contributed by atoms with Gasteiger partial charge in [0.1, 0.15) is 5.75 Å². The number of phenolic OH excluding ortho intramolecular Hbond substituents is 1. The zero-order valence-corrected chi connectivity index (χ0v) is 12.2. The Labute approximate surface area is 120 Å². The van der Waals surface area contributed by atoms with Gasteiger partial charge in [-0.1, -0.05) is 13.0 Å². The van der Waals surface area contributed by atoms with Gasteiger partial charge in [0, 0.05) is 13.1 Å². The molecule has 1 aromatic carbocycles. The van der Waals surface area contributed by atoms with Gasteiger partial charge in [0.2, 0.25) is 0 Å². The maximum atomic E-state index is 12.5. The average molecular weight is 277 g/mol. The fourth-order valence-electron chi connectivity index (χ4n) is 2.73. The Morgan fingerprint density at radius 1 is 1.40 bits per heavy atom. The number of aliphatic hydroxyl groups excluding tert-OH is 1. The minimum atomic E-state index is -0.316. The van der Waals surface area contributed by atoms with Crippen LogP contribution >= 0.6 is 0 Å². The van der Waals surface area contributed by atoms with E-state index in [2.05, 4.69) is 0 Å². The number of carbonyl (C=O) groups is 1. The molecule has 0 radical (unpaired) electrons. The highest BCUT2D eigenvalue weighted by Gasteiger charge is 2.27. The Morgan fingerprint density at radius 2 is 2.05 bits per heavy atom. The lowest BCUT2D eigenvalue weighted by Gasteiger charge is -2.33. The van der Waals surface area contributed by atoms with E-state index in [9.17, 15) is 15.0 Å². The molecule has 2 N–H and O–H groups in total. The van der Waals surface area contributed by atoms with E-state index in [1.165, 1.54) is 0 Å². The van der Waals surface area contributed by atoms with Crippen molar-refractivity contribution in [2.24, 2.45) is 5.92 Å². The molecule has 1 aliphatic heterocycles. The van der Waals surface area contributed by atoms with Crippen molar-refractivity contribution in [3.63, 3.8) is 0 Å². The van der Waals surface area contributed by atoms with Crippen molar-refractivity contribution in [2.75, 3.05) is 13.1 Å². The summed E-state index contributed by atoms with van der Waals surface area (Å²) in [5.41, 5.74) is 1.44. The Balaban J connectivity index is 2.09. The van der Waals surface area contributed by atoms with E-state index < -0.39 is 0 Å². The van der Waals surface area contributed by atoms with Crippen LogP contribution in [0.4, 0.5) is 0 Å². The van der Waals surface area contributed by atoms with Crippen LogP contribution in [0.5, 0.6) is 5.75 Å².